The molecule has 0 aliphatic heterocycles. The lowest BCUT2D eigenvalue weighted by molar-refractivity contribution is 0.146. The quantitative estimate of drug-likeness (QED) is 0.525. The molecule has 0 aliphatic carbocycles. The van der Waals surface area contributed by atoms with Gasteiger partial charge in [0.25, 0.3) is 0 Å². The van der Waals surface area contributed by atoms with Crippen LogP contribution in [0.5, 0.6) is 11.5 Å². The highest BCUT2D eigenvalue weighted by Crippen LogP contribution is 2.29. The van der Waals surface area contributed by atoms with Gasteiger partial charge in [-0.15, -0.1) is 0 Å². The minimum absolute atomic E-state index is 0.0997. The first kappa shape index (κ1) is 19.3. The maximum absolute atomic E-state index is 12.6. The van der Waals surface area contributed by atoms with E-state index in [1.807, 2.05) is 26.0 Å². The summed E-state index contributed by atoms with van der Waals surface area (Å²) in [4.78, 5) is 0.0997. The van der Waals surface area contributed by atoms with Crippen molar-refractivity contribution < 1.29 is 22.1 Å². The van der Waals surface area contributed by atoms with E-state index < -0.39 is 10.1 Å². The van der Waals surface area contributed by atoms with Crippen molar-refractivity contribution in [3.05, 3.63) is 53.6 Å². The van der Waals surface area contributed by atoms with Crippen LogP contribution < -0.4 is 8.92 Å². The summed E-state index contributed by atoms with van der Waals surface area (Å²) in [5.41, 5.74) is 1.57. The van der Waals surface area contributed by atoms with Crippen LogP contribution in [0.15, 0.2) is 47.4 Å². The molecule has 136 valence electrons. The van der Waals surface area contributed by atoms with Crippen LogP contribution >= 0.6 is 0 Å². The van der Waals surface area contributed by atoms with E-state index in [4.69, 9.17) is 13.7 Å². The van der Waals surface area contributed by atoms with E-state index in [0.717, 1.165) is 11.1 Å². The third kappa shape index (κ3) is 4.96. The zero-order chi connectivity index (χ0) is 18.4. The molecule has 0 saturated heterocycles. The van der Waals surface area contributed by atoms with Gasteiger partial charge in [0.15, 0.2) is 0 Å². The Labute approximate surface area is 149 Å². The lowest BCUT2D eigenvalue weighted by Gasteiger charge is -2.14. The monoisotopic (exact) mass is 364 g/mol. The van der Waals surface area contributed by atoms with E-state index in [2.05, 4.69) is 0 Å². The van der Waals surface area contributed by atoms with Crippen LogP contribution in [0.3, 0.4) is 0 Å². The van der Waals surface area contributed by atoms with Gasteiger partial charge in [-0.1, -0.05) is 32.0 Å². The van der Waals surface area contributed by atoms with Crippen molar-refractivity contribution in [1.29, 1.82) is 0 Å². The standard InChI is InChI=1S/C19H24O5S/c1-14(2)17-7-5-6-8-19(17)24-25(20,21)16-9-10-18(15(3)13-16)23-12-11-22-4/h5-10,13-14H,11-12H2,1-4H3. The average Bonchev–Trinajstić information content (AvgIpc) is 2.56. The Kier molecular flexibility index (Phi) is 6.45. The lowest BCUT2D eigenvalue weighted by atomic mass is 10.0. The molecule has 5 nitrogen and oxygen atoms in total. The molecule has 0 saturated carbocycles. The predicted octanol–water partition coefficient (Wildman–Crippen LogP) is 3.91. The molecule has 0 heterocycles. The Hall–Kier alpha value is -2.05. The van der Waals surface area contributed by atoms with Crippen LogP contribution in [0.25, 0.3) is 0 Å². The zero-order valence-corrected chi connectivity index (χ0v) is 15.8. The van der Waals surface area contributed by atoms with Crippen LogP contribution in [-0.2, 0) is 14.9 Å². The Bertz CT molecular complexity index is 812. The first-order valence-electron chi connectivity index (χ1n) is 8.11. The fourth-order valence-corrected chi connectivity index (χ4v) is 3.41. The minimum Gasteiger partial charge on any atom is -0.491 e. The number of rotatable bonds is 8. The van der Waals surface area contributed by atoms with Crippen LogP contribution in [0.4, 0.5) is 0 Å². The van der Waals surface area contributed by atoms with E-state index >= 15 is 0 Å². The van der Waals surface area contributed by atoms with Crippen LogP contribution in [0, 0.1) is 6.92 Å². The lowest BCUT2D eigenvalue weighted by Crippen LogP contribution is -2.12. The fourth-order valence-electron chi connectivity index (χ4n) is 2.37. The average molecular weight is 364 g/mol. The molecule has 0 fully saturated rings. The van der Waals surface area contributed by atoms with Crippen molar-refractivity contribution in [2.24, 2.45) is 0 Å². The van der Waals surface area contributed by atoms with Gasteiger partial charge in [-0.25, -0.2) is 0 Å². The van der Waals surface area contributed by atoms with Crippen LogP contribution in [0.2, 0.25) is 0 Å². The fraction of sp³-hybridized carbons (Fsp3) is 0.368. The summed E-state index contributed by atoms with van der Waals surface area (Å²) in [6, 6.07) is 11.8. The van der Waals surface area contributed by atoms with Gasteiger partial charge in [0.1, 0.15) is 23.0 Å². The topological polar surface area (TPSA) is 61.8 Å². The first-order valence-corrected chi connectivity index (χ1v) is 9.51. The molecule has 0 unspecified atom stereocenters. The number of methoxy groups -OCH3 is 1. The normalized spacial score (nSPS) is 11.6. The third-order valence-corrected chi connectivity index (χ3v) is 4.95. The smallest absolute Gasteiger partial charge is 0.339 e. The molecule has 2 aromatic rings. The highest BCUT2D eigenvalue weighted by Gasteiger charge is 2.20. The van der Waals surface area contributed by atoms with Gasteiger partial charge in [0.2, 0.25) is 0 Å². The Morgan fingerprint density at radius 2 is 1.72 bits per heavy atom. The maximum Gasteiger partial charge on any atom is 0.339 e. The van der Waals surface area contributed by atoms with Gasteiger partial charge >= 0.3 is 10.1 Å². The molecule has 6 heteroatoms. The summed E-state index contributed by atoms with van der Waals surface area (Å²) in [6.07, 6.45) is 0. The summed E-state index contributed by atoms with van der Waals surface area (Å²) in [7, 11) is -2.32. The van der Waals surface area contributed by atoms with Gasteiger partial charge in [0.05, 0.1) is 6.61 Å². The molecule has 0 spiro atoms. The Morgan fingerprint density at radius 3 is 2.36 bits per heavy atom. The summed E-state index contributed by atoms with van der Waals surface area (Å²) in [6.45, 7) is 6.65. The van der Waals surface area contributed by atoms with E-state index in [1.165, 1.54) is 6.07 Å². The van der Waals surface area contributed by atoms with Crippen molar-refractivity contribution in [3.63, 3.8) is 0 Å². The number of aryl methyl sites for hydroxylation is 1. The molecule has 25 heavy (non-hydrogen) atoms. The molecule has 2 rings (SSSR count). The highest BCUT2D eigenvalue weighted by molar-refractivity contribution is 7.87. The molecule has 0 amide bonds. The molecule has 0 aromatic heterocycles. The van der Waals surface area contributed by atoms with Crippen molar-refractivity contribution >= 4 is 10.1 Å². The summed E-state index contributed by atoms with van der Waals surface area (Å²) >= 11 is 0. The number of hydrogen-bond donors (Lipinski definition) is 0. The van der Waals surface area contributed by atoms with E-state index in [1.54, 1.807) is 38.3 Å². The second-order valence-corrected chi connectivity index (χ2v) is 7.54. The molecule has 0 bridgehead atoms. The van der Waals surface area contributed by atoms with Gasteiger partial charge < -0.3 is 13.7 Å². The number of benzene rings is 2. The van der Waals surface area contributed by atoms with Crippen molar-refractivity contribution in [3.8, 4) is 11.5 Å². The maximum atomic E-state index is 12.6. The van der Waals surface area contributed by atoms with Gasteiger partial charge in [-0.05, 0) is 48.2 Å². The van der Waals surface area contributed by atoms with Crippen molar-refractivity contribution in [2.75, 3.05) is 20.3 Å². The summed E-state index contributed by atoms with van der Waals surface area (Å²) in [5, 5.41) is 0. The number of hydrogen-bond acceptors (Lipinski definition) is 5. The highest BCUT2D eigenvalue weighted by atomic mass is 32.2. The minimum atomic E-state index is -3.91. The van der Waals surface area contributed by atoms with E-state index in [0.29, 0.717) is 24.7 Å². The Morgan fingerprint density at radius 1 is 1.00 bits per heavy atom. The number of para-hydroxylation sites is 1. The summed E-state index contributed by atoms with van der Waals surface area (Å²) < 4.78 is 41.1. The first-order chi connectivity index (χ1) is 11.8. The van der Waals surface area contributed by atoms with Gasteiger partial charge in [0, 0.05) is 7.11 Å². The SMILES string of the molecule is COCCOc1ccc(S(=O)(=O)Oc2ccccc2C(C)C)cc1C. The van der Waals surface area contributed by atoms with Crippen molar-refractivity contribution in [1.82, 2.24) is 0 Å². The Balaban J connectivity index is 2.24. The third-order valence-electron chi connectivity index (χ3n) is 3.72. The second-order valence-electron chi connectivity index (χ2n) is 6.00. The molecule has 0 atom stereocenters. The predicted molar refractivity (Wildman–Crippen MR) is 96.9 cm³/mol. The molecule has 0 radical (unpaired) electrons. The molecular formula is C19H24O5S. The van der Waals surface area contributed by atoms with Crippen LogP contribution in [0.1, 0.15) is 30.9 Å². The van der Waals surface area contributed by atoms with Gasteiger partial charge in [-0.3, -0.25) is 0 Å². The van der Waals surface area contributed by atoms with Gasteiger partial charge in [-0.2, -0.15) is 8.42 Å². The molecular weight excluding hydrogens is 340 g/mol. The second kappa shape index (κ2) is 8.36. The zero-order valence-electron chi connectivity index (χ0n) is 15.0. The largest absolute Gasteiger partial charge is 0.491 e. The molecule has 0 N–H and O–H groups in total. The van der Waals surface area contributed by atoms with Crippen LogP contribution in [-0.4, -0.2) is 28.7 Å². The van der Waals surface area contributed by atoms with Crippen molar-refractivity contribution in [2.45, 2.75) is 31.6 Å². The molecule has 2 aromatic carbocycles. The van der Waals surface area contributed by atoms with E-state index in [-0.39, 0.29) is 10.8 Å². The number of ether oxygens (including phenoxy) is 2. The van der Waals surface area contributed by atoms with E-state index in [9.17, 15) is 8.42 Å². The molecule has 0 aliphatic rings. The summed E-state index contributed by atoms with van der Waals surface area (Å²) in [5.74, 6) is 1.14.